The quantitative estimate of drug-likeness (QED) is 0.613. The standard InChI is InChI=1S/C18H27FN4O2.ClH/c19-16-5-3-14(4-6-16)7-9-21-17(24)13-23-11-1-2-15(12-23)18(25)22-10-8-20;/h3-6,15H,1-2,7-13,20H2,(H,21,24)(H,22,25);1H. The van der Waals surface area contributed by atoms with Crippen molar-refractivity contribution in [1.29, 1.82) is 0 Å². The Kier molecular flexibility index (Phi) is 10.2. The highest BCUT2D eigenvalue weighted by atomic mass is 35.5. The molecule has 1 atom stereocenters. The summed E-state index contributed by atoms with van der Waals surface area (Å²) >= 11 is 0. The molecule has 8 heteroatoms. The van der Waals surface area contributed by atoms with Gasteiger partial charge in [0.25, 0.3) is 0 Å². The van der Waals surface area contributed by atoms with E-state index in [2.05, 4.69) is 10.6 Å². The molecule has 1 heterocycles. The van der Waals surface area contributed by atoms with Gasteiger partial charge in [-0.3, -0.25) is 14.5 Å². The Morgan fingerprint density at radius 1 is 1.19 bits per heavy atom. The van der Waals surface area contributed by atoms with E-state index in [1.807, 2.05) is 4.90 Å². The van der Waals surface area contributed by atoms with Crippen LogP contribution in [0.2, 0.25) is 0 Å². The van der Waals surface area contributed by atoms with Crippen LogP contribution in [0, 0.1) is 11.7 Å². The number of carbonyl (C=O) groups is 2. The molecule has 0 saturated carbocycles. The number of amides is 2. The van der Waals surface area contributed by atoms with Gasteiger partial charge in [0.2, 0.25) is 11.8 Å². The fourth-order valence-electron chi connectivity index (χ4n) is 3.01. The summed E-state index contributed by atoms with van der Waals surface area (Å²) in [5.41, 5.74) is 6.38. The zero-order chi connectivity index (χ0) is 18.1. The van der Waals surface area contributed by atoms with Crippen LogP contribution in [0.4, 0.5) is 4.39 Å². The topological polar surface area (TPSA) is 87.5 Å². The molecule has 2 rings (SSSR count). The van der Waals surface area contributed by atoms with Crippen molar-refractivity contribution in [2.24, 2.45) is 11.7 Å². The Labute approximate surface area is 160 Å². The van der Waals surface area contributed by atoms with Crippen molar-refractivity contribution in [3.05, 3.63) is 35.6 Å². The molecule has 1 aliphatic rings. The predicted octanol–water partition coefficient (Wildman–Crippen LogP) is 0.693. The number of nitrogens with two attached hydrogens (primary N) is 1. The maximum atomic E-state index is 12.8. The average Bonchev–Trinajstić information content (AvgIpc) is 2.61. The van der Waals surface area contributed by atoms with Gasteiger partial charge in [-0.25, -0.2) is 4.39 Å². The Bertz CT molecular complexity index is 571. The molecule has 1 unspecified atom stereocenters. The zero-order valence-electron chi connectivity index (χ0n) is 14.9. The lowest BCUT2D eigenvalue weighted by molar-refractivity contribution is -0.128. The van der Waals surface area contributed by atoms with Crippen molar-refractivity contribution < 1.29 is 14.0 Å². The molecule has 0 aliphatic carbocycles. The van der Waals surface area contributed by atoms with Crippen molar-refractivity contribution in [1.82, 2.24) is 15.5 Å². The van der Waals surface area contributed by atoms with E-state index >= 15 is 0 Å². The number of halogens is 2. The van der Waals surface area contributed by atoms with E-state index in [-0.39, 0.29) is 36.0 Å². The molecule has 2 amide bonds. The summed E-state index contributed by atoms with van der Waals surface area (Å²) < 4.78 is 12.8. The van der Waals surface area contributed by atoms with Crippen molar-refractivity contribution in [3.8, 4) is 0 Å². The van der Waals surface area contributed by atoms with Crippen molar-refractivity contribution >= 4 is 24.2 Å². The SMILES string of the molecule is Cl.NCCNC(=O)C1CCCN(CC(=O)NCCc2ccc(F)cc2)C1. The van der Waals surface area contributed by atoms with Crippen LogP contribution < -0.4 is 16.4 Å². The van der Waals surface area contributed by atoms with Crippen molar-refractivity contribution in [3.63, 3.8) is 0 Å². The minimum Gasteiger partial charge on any atom is -0.355 e. The second-order valence-corrected chi connectivity index (χ2v) is 6.38. The number of hydrogen-bond acceptors (Lipinski definition) is 4. The monoisotopic (exact) mass is 386 g/mol. The number of hydrogen-bond donors (Lipinski definition) is 3. The molecule has 1 aromatic carbocycles. The van der Waals surface area contributed by atoms with E-state index < -0.39 is 0 Å². The zero-order valence-corrected chi connectivity index (χ0v) is 15.7. The molecule has 0 aromatic heterocycles. The maximum absolute atomic E-state index is 12.8. The number of likely N-dealkylation sites (tertiary alicyclic amines) is 1. The lowest BCUT2D eigenvalue weighted by Gasteiger charge is -2.31. The van der Waals surface area contributed by atoms with Gasteiger partial charge in [-0.1, -0.05) is 12.1 Å². The van der Waals surface area contributed by atoms with Gasteiger partial charge in [-0.05, 0) is 43.5 Å². The number of carbonyl (C=O) groups excluding carboxylic acids is 2. The summed E-state index contributed by atoms with van der Waals surface area (Å²) in [4.78, 5) is 26.1. The second-order valence-electron chi connectivity index (χ2n) is 6.38. The molecule has 1 aliphatic heterocycles. The molecule has 1 saturated heterocycles. The molecule has 0 spiro atoms. The van der Waals surface area contributed by atoms with E-state index in [0.29, 0.717) is 39.1 Å². The highest BCUT2D eigenvalue weighted by Gasteiger charge is 2.26. The number of benzene rings is 1. The fourth-order valence-corrected chi connectivity index (χ4v) is 3.01. The van der Waals surface area contributed by atoms with Gasteiger partial charge in [0, 0.05) is 26.2 Å². The predicted molar refractivity (Wildman–Crippen MR) is 102 cm³/mol. The van der Waals surface area contributed by atoms with E-state index in [0.717, 1.165) is 24.9 Å². The van der Waals surface area contributed by atoms with Crippen LogP contribution in [0.5, 0.6) is 0 Å². The molecular weight excluding hydrogens is 359 g/mol. The second kappa shape index (κ2) is 11.8. The van der Waals surface area contributed by atoms with Crippen LogP contribution in [-0.2, 0) is 16.0 Å². The van der Waals surface area contributed by atoms with Crippen LogP contribution in [0.15, 0.2) is 24.3 Å². The van der Waals surface area contributed by atoms with E-state index in [1.54, 1.807) is 12.1 Å². The largest absolute Gasteiger partial charge is 0.355 e. The van der Waals surface area contributed by atoms with Crippen LogP contribution in [0.1, 0.15) is 18.4 Å². The van der Waals surface area contributed by atoms with Crippen LogP contribution in [0.25, 0.3) is 0 Å². The normalized spacial score (nSPS) is 17.2. The number of nitrogens with zero attached hydrogens (tertiary/aromatic N) is 1. The summed E-state index contributed by atoms with van der Waals surface area (Å²) in [7, 11) is 0. The highest BCUT2D eigenvalue weighted by Crippen LogP contribution is 2.16. The molecule has 4 N–H and O–H groups in total. The molecule has 26 heavy (non-hydrogen) atoms. The first-order valence-corrected chi connectivity index (χ1v) is 8.79. The lowest BCUT2D eigenvalue weighted by Crippen LogP contribution is -2.47. The van der Waals surface area contributed by atoms with Crippen molar-refractivity contribution in [2.75, 3.05) is 39.3 Å². The summed E-state index contributed by atoms with van der Waals surface area (Å²) in [6.45, 7) is 3.15. The lowest BCUT2D eigenvalue weighted by atomic mass is 9.97. The number of rotatable bonds is 8. The summed E-state index contributed by atoms with van der Waals surface area (Å²) in [6, 6.07) is 6.27. The fraction of sp³-hybridized carbons (Fsp3) is 0.556. The highest BCUT2D eigenvalue weighted by molar-refractivity contribution is 5.85. The third-order valence-electron chi connectivity index (χ3n) is 4.34. The Hall–Kier alpha value is -1.70. The Balaban J connectivity index is 0.00000338. The minimum absolute atomic E-state index is 0. The van der Waals surface area contributed by atoms with Gasteiger partial charge in [-0.15, -0.1) is 12.4 Å². The van der Waals surface area contributed by atoms with E-state index in [4.69, 9.17) is 5.73 Å². The summed E-state index contributed by atoms with van der Waals surface area (Å²) in [5.74, 6) is -0.368. The molecule has 146 valence electrons. The number of piperidine rings is 1. The van der Waals surface area contributed by atoms with Gasteiger partial charge in [0.05, 0.1) is 12.5 Å². The van der Waals surface area contributed by atoms with Gasteiger partial charge >= 0.3 is 0 Å². The van der Waals surface area contributed by atoms with Crippen LogP contribution >= 0.6 is 12.4 Å². The summed E-state index contributed by atoms with van der Waals surface area (Å²) in [5, 5.41) is 5.69. The minimum atomic E-state index is -0.261. The summed E-state index contributed by atoms with van der Waals surface area (Å²) in [6.07, 6.45) is 2.42. The molecule has 1 fully saturated rings. The van der Waals surface area contributed by atoms with Gasteiger partial charge in [0.15, 0.2) is 0 Å². The first-order chi connectivity index (χ1) is 12.1. The molecule has 0 bridgehead atoms. The maximum Gasteiger partial charge on any atom is 0.234 e. The first-order valence-electron chi connectivity index (χ1n) is 8.79. The Morgan fingerprint density at radius 3 is 2.62 bits per heavy atom. The van der Waals surface area contributed by atoms with Gasteiger partial charge in [-0.2, -0.15) is 0 Å². The van der Waals surface area contributed by atoms with Crippen LogP contribution in [-0.4, -0.2) is 56.0 Å². The molecule has 1 aromatic rings. The average molecular weight is 387 g/mol. The Morgan fingerprint density at radius 2 is 1.92 bits per heavy atom. The van der Waals surface area contributed by atoms with Gasteiger partial charge < -0.3 is 16.4 Å². The van der Waals surface area contributed by atoms with Crippen molar-refractivity contribution in [2.45, 2.75) is 19.3 Å². The first kappa shape index (κ1) is 22.3. The van der Waals surface area contributed by atoms with E-state index in [9.17, 15) is 14.0 Å². The molecule has 6 nitrogen and oxygen atoms in total. The third kappa shape index (κ3) is 7.68. The smallest absolute Gasteiger partial charge is 0.234 e. The number of nitrogens with one attached hydrogen (secondary N) is 2. The molecule has 0 radical (unpaired) electrons. The van der Waals surface area contributed by atoms with Gasteiger partial charge in [0.1, 0.15) is 5.82 Å². The van der Waals surface area contributed by atoms with E-state index in [1.165, 1.54) is 12.1 Å². The third-order valence-corrected chi connectivity index (χ3v) is 4.34. The van der Waals surface area contributed by atoms with Crippen LogP contribution in [0.3, 0.4) is 0 Å². The molecular formula is C18H28ClFN4O2.